The third kappa shape index (κ3) is 2.76. The minimum absolute atomic E-state index is 0.0116. The molecule has 0 aromatic rings. The van der Waals surface area contributed by atoms with Crippen LogP contribution in [0, 0.1) is 0 Å². The van der Waals surface area contributed by atoms with Crippen LogP contribution in [0.3, 0.4) is 0 Å². The van der Waals surface area contributed by atoms with Crippen LogP contribution < -0.4 is 0 Å². The van der Waals surface area contributed by atoms with Gasteiger partial charge in [0, 0.05) is 6.54 Å². The van der Waals surface area contributed by atoms with Gasteiger partial charge in [-0.2, -0.15) is 0 Å². The highest BCUT2D eigenvalue weighted by molar-refractivity contribution is 8.00. The Labute approximate surface area is 118 Å². The van der Waals surface area contributed by atoms with E-state index in [4.69, 9.17) is 0 Å². The quantitative estimate of drug-likeness (QED) is 0.862. The van der Waals surface area contributed by atoms with Gasteiger partial charge in [0.2, 0.25) is 5.91 Å². The molecule has 2 fully saturated rings. The molecule has 4 nitrogen and oxygen atoms in total. The Hall–Kier alpha value is -0.710. The summed E-state index contributed by atoms with van der Waals surface area (Å²) in [5.41, 5.74) is -0.927. The summed E-state index contributed by atoms with van der Waals surface area (Å²) in [4.78, 5) is 26.0. The van der Waals surface area contributed by atoms with Crippen LogP contribution in [0.4, 0.5) is 0 Å². The number of nitrogens with zero attached hydrogens (tertiary/aromatic N) is 1. The second kappa shape index (κ2) is 6.16. The molecule has 19 heavy (non-hydrogen) atoms. The molecule has 1 N–H and O–H groups in total. The van der Waals surface area contributed by atoms with Gasteiger partial charge in [-0.05, 0) is 37.9 Å². The van der Waals surface area contributed by atoms with Crippen LogP contribution in [-0.4, -0.2) is 45.0 Å². The first-order valence-electron chi connectivity index (χ1n) is 7.28. The minimum atomic E-state index is -0.927. The molecule has 2 heterocycles. The summed E-state index contributed by atoms with van der Waals surface area (Å²) in [6, 6.07) is 0. The Morgan fingerprint density at radius 1 is 1.37 bits per heavy atom. The number of hydrogen-bond acceptors (Lipinski definition) is 3. The molecular weight excluding hydrogens is 262 g/mol. The molecule has 2 saturated heterocycles. The highest BCUT2D eigenvalue weighted by Crippen LogP contribution is 2.37. The van der Waals surface area contributed by atoms with Crippen LogP contribution >= 0.6 is 11.8 Å². The normalized spacial score (nSPS) is 31.4. The summed E-state index contributed by atoms with van der Waals surface area (Å²) in [6.45, 7) is 2.60. The number of thioether (sulfide) groups is 1. The SMILES string of the molecule is CCCC1(C(=O)O)CCCN1C(=O)C1CCCCS1. The van der Waals surface area contributed by atoms with Gasteiger partial charge in [0.15, 0.2) is 0 Å². The zero-order valence-corrected chi connectivity index (χ0v) is 12.4. The fraction of sp³-hybridized carbons (Fsp3) is 0.857. The number of carboxylic acids is 1. The van der Waals surface area contributed by atoms with Crippen LogP contribution in [0.2, 0.25) is 0 Å². The van der Waals surface area contributed by atoms with Crippen LogP contribution in [0.5, 0.6) is 0 Å². The van der Waals surface area contributed by atoms with Crippen molar-refractivity contribution in [2.75, 3.05) is 12.3 Å². The molecule has 0 radical (unpaired) electrons. The summed E-state index contributed by atoms with van der Waals surface area (Å²) >= 11 is 1.70. The molecule has 2 atom stereocenters. The van der Waals surface area contributed by atoms with Crippen molar-refractivity contribution in [3.8, 4) is 0 Å². The second-order valence-electron chi connectivity index (χ2n) is 5.54. The minimum Gasteiger partial charge on any atom is -0.479 e. The molecule has 0 aromatic heterocycles. The summed E-state index contributed by atoms with van der Waals surface area (Å²) in [6.07, 6.45) is 5.97. The van der Waals surface area contributed by atoms with Gasteiger partial charge in [-0.1, -0.05) is 19.8 Å². The number of aliphatic carboxylic acids is 1. The van der Waals surface area contributed by atoms with Crippen molar-refractivity contribution >= 4 is 23.6 Å². The van der Waals surface area contributed by atoms with Gasteiger partial charge in [-0.3, -0.25) is 4.79 Å². The largest absolute Gasteiger partial charge is 0.479 e. The Morgan fingerprint density at radius 3 is 2.74 bits per heavy atom. The maximum atomic E-state index is 12.6. The average molecular weight is 285 g/mol. The standard InChI is InChI=1S/C14H23NO3S/c1-2-7-14(13(17)18)8-5-9-15(14)12(16)11-6-3-4-10-19-11/h11H,2-10H2,1H3,(H,17,18). The predicted molar refractivity (Wildman–Crippen MR) is 76.3 cm³/mol. The monoisotopic (exact) mass is 285 g/mol. The van der Waals surface area contributed by atoms with Gasteiger partial charge in [-0.25, -0.2) is 4.79 Å². The number of amides is 1. The number of carboxylic acid groups (broad SMARTS) is 1. The Bertz CT molecular complexity index is 355. The summed E-state index contributed by atoms with van der Waals surface area (Å²) in [5, 5.41) is 9.60. The van der Waals surface area contributed by atoms with E-state index in [9.17, 15) is 14.7 Å². The van der Waals surface area contributed by atoms with Crippen molar-refractivity contribution in [3.63, 3.8) is 0 Å². The van der Waals surface area contributed by atoms with Gasteiger partial charge in [0.1, 0.15) is 5.54 Å². The van der Waals surface area contributed by atoms with E-state index in [2.05, 4.69) is 0 Å². The Balaban J connectivity index is 2.16. The maximum absolute atomic E-state index is 12.6. The van der Waals surface area contributed by atoms with Crippen LogP contribution in [-0.2, 0) is 9.59 Å². The molecular formula is C14H23NO3S. The van der Waals surface area contributed by atoms with Crippen molar-refractivity contribution in [1.29, 1.82) is 0 Å². The van der Waals surface area contributed by atoms with Crippen molar-refractivity contribution in [2.24, 2.45) is 0 Å². The fourth-order valence-electron chi connectivity index (χ4n) is 3.31. The van der Waals surface area contributed by atoms with E-state index >= 15 is 0 Å². The lowest BCUT2D eigenvalue weighted by Crippen LogP contribution is -2.55. The second-order valence-corrected chi connectivity index (χ2v) is 6.85. The molecule has 2 aliphatic rings. The lowest BCUT2D eigenvalue weighted by Gasteiger charge is -2.37. The molecule has 2 aliphatic heterocycles. The zero-order chi connectivity index (χ0) is 13.9. The molecule has 5 heteroatoms. The number of carbonyl (C=O) groups is 2. The average Bonchev–Trinajstić information content (AvgIpc) is 2.84. The third-order valence-electron chi connectivity index (χ3n) is 4.27. The lowest BCUT2D eigenvalue weighted by atomic mass is 9.90. The van der Waals surface area contributed by atoms with E-state index in [1.54, 1.807) is 16.7 Å². The summed E-state index contributed by atoms with van der Waals surface area (Å²) < 4.78 is 0. The molecule has 0 spiro atoms. The molecule has 2 rings (SSSR count). The van der Waals surface area contributed by atoms with Crippen molar-refractivity contribution < 1.29 is 14.7 Å². The number of hydrogen-bond donors (Lipinski definition) is 1. The molecule has 0 aromatic carbocycles. The van der Waals surface area contributed by atoms with Crippen molar-refractivity contribution in [2.45, 2.75) is 62.7 Å². The summed E-state index contributed by atoms with van der Waals surface area (Å²) in [5.74, 6) is 0.275. The number of likely N-dealkylation sites (tertiary alicyclic amines) is 1. The van der Waals surface area contributed by atoms with Gasteiger partial charge in [0.05, 0.1) is 5.25 Å². The first-order valence-corrected chi connectivity index (χ1v) is 8.33. The highest BCUT2D eigenvalue weighted by atomic mass is 32.2. The van der Waals surface area contributed by atoms with Crippen LogP contribution in [0.1, 0.15) is 51.9 Å². The Kier molecular flexibility index (Phi) is 4.76. The van der Waals surface area contributed by atoms with E-state index < -0.39 is 11.5 Å². The van der Waals surface area contributed by atoms with E-state index in [0.29, 0.717) is 19.4 Å². The maximum Gasteiger partial charge on any atom is 0.329 e. The number of carbonyl (C=O) groups excluding carboxylic acids is 1. The predicted octanol–water partition coefficient (Wildman–Crippen LogP) is 2.52. The molecule has 0 aliphatic carbocycles. The zero-order valence-electron chi connectivity index (χ0n) is 11.6. The molecule has 0 bridgehead atoms. The van der Waals surface area contributed by atoms with Gasteiger partial charge in [-0.15, -0.1) is 11.8 Å². The van der Waals surface area contributed by atoms with E-state index in [1.165, 1.54) is 6.42 Å². The fourth-order valence-corrected chi connectivity index (χ4v) is 4.57. The first kappa shape index (κ1) is 14.7. The Morgan fingerprint density at radius 2 is 2.16 bits per heavy atom. The van der Waals surface area contributed by atoms with E-state index in [1.807, 2.05) is 6.92 Å². The number of rotatable bonds is 4. The van der Waals surface area contributed by atoms with Crippen molar-refractivity contribution in [1.82, 2.24) is 4.90 Å². The first-order chi connectivity index (χ1) is 9.12. The third-order valence-corrected chi connectivity index (χ3v) is 5.64. The van der Waals surface area contributed by atoms with E-state index in [0.717, 1.165) is 31.4 Å². The molecule has 108 valence electrons. The van der Waals surface area contributed by atoms with Crippen LogP contribution in [0.15, 0.2) is 0 Å². The van der Waals surface area contributed by atoms with E-state index in [-0.39, 0.29) is 11.2 Å². The van der Waals surface area contributed by atoms with Gasteiger partial charge in [0.25, 0.3) is 0 Å². The van der Waals surface area contributed by atoms with Gasteiger partial charge >= 0.3 is 5.97 Å². The molecule has 0 saturated carbocycles. The smallest absolute Gasteiger partial charge is 0.329 e. The van der Waals surface area contributed by atoms with Crippen LogP contribution in [0.25, 0.3) is 0 Å². The lowest BCUT2D eigenvalue weighted by molar-refractivity contribution is -0.157. The summed E-state index contributed by atoms with van der Waals surface area (Å²) in [7, 11) is 0. The molecule has 2 unspecified atom stereocenters. The van der Waals surface area contributed by atoms with Crippen molar-refractivity contribution in [3.05, 3.63) is 0 Å². The molecule has 1 amide bonds. The highest BCUT2D eigenvalue weighted by Gasteiger charge is 2.50. The topological polar surface area (TPSA) is 57.6 Å². The van der Waals surface area contributed by atoms with Gasteiger partial charge < -0.3 is 10.0 Å².